The van der Waals surface area contributed by atoms with E-state index in [9.17, 15) is 8.78 Å². The Hall–Kier alpha value is -0.970. The number of rotatable bonds is 4. The second kappa shape index (κ2) is 3.65. The Morgan fingerprint density at radius 2 is 2.36 bits per heavy atom. The third-order valence-electron chi connectivity index (χ3n) is 2.30. The van der Waals surface area contributed by atoms with Crippen LogP contribution >= 0.6 is 0 Å². The Balaban J connectivity index is 2.05. The highest BCUT2D eigenvalue weighted by Crippen LogP contribution is 2.23. The molecule has 0 aromatic carbocycles. The van der Waals surface area contributed by atoms with Gasteiger partial charge in [0.15, 0.2) is 0 Å². The van der Waals surface area contributed by atoms with E-state index in [0.29, 0.717) is 18.2 Å². The Labute approximate surface area is 81.1 Å². The van der Waals surface area contributed by atoms with E-state index in [1.165, 1.54) is 4.68 Å². The Morgan fingerprint density at radius 1 is 1.64 bits per heavy atom. The van der Waals surface area contributed by atoms with E-state index >= 15 is 0 Å². The summed E-state index contributed by atoms with van der Waals surface area (Å²) in [5.74, 6) is 0. The summed E-state index contributed by atoms with van der Waals surface area (Å²) in [6, 6.07) is 0.528. The first-order valence-electron chi connectivity index (χ1n) is 4.71. The molecule has 0 radical (unpaired) electrons. The predicted octanol–water partition coefficient (Wildman–Crippen LogP) is 1.61. The van der Waals surface area contributed by atoms with E-state index in [0.717, 1.165) is 12.8 Å². The third kappa shape index (κ3) is 2.09. The lowest BCUT2D eigenvalue weighted by Gasteiger charge is -2.01. The summed E-state index contributed by atoms with van der Waals surface area (Å²) in [6.07, 6.45) is 1.48. The van der Waals surface area contributed by atoms with Gasteiger partial charge in [-0.15, -0.1) is 0 Å². The Kier molecular flexibility index (Phi) is 2.50. The normalized spacial score (nSPS) is 16.6. The first kappa shape index (κ1) is 9.58. The minimum absolute atomic E-state index is 0.0966. The lowest BCUT2D eigenvalue weighted by atomic mass is 10.2. The standard InChI is InChI=1S/C9H13F2N3/c1-14-5-6(4-12-7-2-3-7)8(13-14)9(10)11/h5,7,9,12H,2-4H2,1H3. The monoisotopic (exact) mass is 201 g/mol. The van der Waals surface area contributed by atoms with Crippen LogP contribution in [0.1, 0.15) is 30.5 Å². The van der Waals surface area contributed by atoms with E-state index < -0.39 is 6.43 Å². The molecule has 0 atom stereocenters. The average molecular weight is 201 g/mol. The summed E-state index contributed by atoms with van der Waals surface area (Å²) in [5, 5.41) is 6.93. The molecule has 1 aromatic heterocycles. The zero-order valence-electron chi connectivity index (χ0n) is 8.00. The van der Waals surface area contributed by atoms with E-state index in [4.69, 9.17) is 0 Å². The van der Waals surface area contributed by atoms with Crippen LogP contribution in [0.2, 0.25) is 0 Å². The summed E-state index contributed by atoms with van der Waals surface area (Å²) in [6.45, 7) is 0.498. The molecule has 1 fully saturated rings. The van der Waals surface area contributed by atoms with Crippen molar-refractivity contribution in [2.24, 2.45) is 7.05 Å². The molecule has 0 saturated heterocycles. The molecule has 1 saturated carbocycles. The molecule has 0 spiro atoms. The number of alkyl halides is 2. The van der Waals surface area contributed by atoms with Gasteiger partial charge in [0, 0.05) is 31.4 Å². The van der Waals surface area contributed by atoms with Gasteiger partial charge in [-0.05, 0) is 12.8 Å². The molecule has 1 aliphatic carbocycles. The van der Waals surface area contributed by atoms with Gasteiger partial charge in [-0.25, -0.2) is 8.78 Å². The fourth-order valence-corrected chi connectivity index (χ4v) is 1.42. The van der Waals surface area contributed by atoms with Gasteiger partial charge < -0.3 is 5.32 Å². The fraction of sp³-hybridized carbons (Fsp3) is 0.667. The molecule has 5 heteroatoms. The number of nitrogens with zero attached hydrogens (tertiary/aromatic N) is 2. The maximum absolute atomic E-state index is 12.5. The molecule has 0 bridgehead atoms. The minimum atomic E-state index is -2.48. The average Bonchev–Trinajstić information content (AvgIpc) is 2.86. The highest BCUT2D eigenvalue weighted by molar-refractivity contribution is 5.18. The van der Waals surface area contributed by atoms with Crippen LogP contribution in [0.5, 0.6) is 0 Å². The van der Waals surface area contributed by atoms with Crippen molar-refractivity contribution in [1.82, 2.24) is 15.1 Å². The number of aromatic nitrogens is 2. The van der Waals surface area contributed by atoms with Crippen LogP contribution in [-0.2, 0) is 13.6 Å². The molecule has 78 valence electrons. The van der Waals surface area contributed by atoms with Crippen LogP contribution in [0.3, 0.4) is 0 Å². The highest BCUT2D eigenvalue weighted by Gasteiger charge is 2.22. The minimum Gasteiger partial charge on any atom is -0.310 e. The molecule has 1 N–H and O–H groups in total. The number of hydrogen-bond acceptors (Lipinski definition) is 2. The number of hydrogen-bond donors (Lipinski definition) is 1. The molecule has 0 amide bonds. The molecule has 1 aliphatic rings. The summed E-state index contributed by atoms with van der Waals surface area (Å²) in [7, 11) is 1.66. The van der Waals surface area contributed by atoms with Crippen molar-refractivity contribution in [3.8, 4) is 0 Å². The van der Waals surface area contributed by atoms with Gasteiger partial charge in [-0.1, -0.05) is 0 Å². The molecule has 1 aromatic rings. The third-order valence-corrected chi connectivity index (χ3v) is 2.30. The van der Waals surface area contributed by atoms with Gasteiger partial charge in [-0.2, -0.15) is 5.10 Å². The Bertz CT molecular complexity index is 318. The van der Waals surface area contributed by atoms with Crippen molar-refractivity contribution in [1.29, 1.82) is 0 Å². The topological polar surface area (TPSA) is 29.9 Å². The molecule has 14 heavy (non-hydrogen) atoms. The van der Waals surface area contributed by atoms with Crippen molar-refractivity contribution >= 4 is 0 Å². The second-order valence-corrected chi connectivity index (χ2v) is 3.67. The van der Waals surface area contributed by atoms with Crippen molar-refractivity contribution in [2.75, 3.05) is 0 Å². The van der Waals surface area contributed by atoms with Gasteiger partial charge in [0.25, 0.3) is 6.43 Å². The van der Waals surface area contributed by atoms with Crippen LogP contribution in [0.4, 0.5) is 8.78 Å². The molecule has 1 heterocycles. The largest absolute Gasteiger partial charge is 0.310 e. The van der Waals surface area contributed by atoms with Gasteiger partial charge in [0.1, 0.15) is 5.69 Å². The van der Waals surface area contributed by atoms with Gasteiger partial charge >= 0.3 is 0 Å². The van der Waals surface area contributed by atoms with Crippen molar-refractivity contribution in [2.45, 2.75) is 31.9 Å². The molecular weight excluding hydrogens is 188 g/mol. The van der Waals surface area contributed by atoms with Gasteiger partial charge in [0.05, 0.1) is 0 Å². The highest BCUT2D eigenvalue weighted by atomic mass is 19.3. The van der Waals surface area contributed by atoms with E-state index in [-0.39, 0.29) is 5.69 Å². The van der Waals surface area contributed by atoms with Gasteiger partial charge in [0.2, 0.25) is 0 Å². The Morgan fingerprint density at radius 3 is 2.93 bits per heavy atom. The second-order valence-electron chi connectivity index (χ2n) is 3.67. The van der Waals surface area contributed by atoms with E-state index in [1.54, 1.807) is 13.2 Å². The number of aryl methyl sites for hydroxylation is 1. The molecule has 3 nitrogen and oxygen atoms in total. The maximum Gasteiger partial charge on any atom is 0.282 e. The zero-order valence-corrected chi connectivity index (χ0v) is 8.00. The first-order valence-corrected chi connectivity index (χ1v) is 4.71. The van der Waals surface area contributed by atoms with Crippen LogP contribution in [0, 0.1) is 0 Å². The zero-order chi connectivity index (χ0) is 10.1. The molecule has 0 unspecified atom stereocenters. The predicted molar refractivity (Wildman–Crippen MR) is 48.0 cm³/mol. The number of halogens is 2. The fourth-order valence-electron chi connectivity index (χ4n) is 1.42. The van der Waals surface area contributed by atoms with Gasteiger partial charge in [-0.3, -0.25) is 4.68 Å². The summed E-state index contributed by atoms with van der Waals surface area (Å²) in [4.78, 5) is 0. The van der Waals surface area contributed by atoms with Crippen LogP contribution < -0.4 is 5.32 Å². The van der Waals surface area contributed by atoms with E-state index in [1.807, 2.05) is 0 Å². The first-order chi connectivity index (χ1) is 6.66. The smallest absolute Gasteiger partial charge is 0.282 e. The summed E-state index contributed by atoms with van der Waals surface area (Å²) >= 11 is 0. The van der Waals surface area contributed by atoms with Crippen LogP contribution in [0.25, 0.3) is 0 Å². The lowest BCUT2D eigenvalue weighted by molar-refractivity contribution is 0.144. The maximum atomic E-state index is 12.5. The van der Waals surface area contributed by atoms with Crippen molar-refractivity contribution < 1.29 is 8.78 Å². The van der Waals surface area contributed by atoms with E-state index in [2.05, 4.69) is 10.4 Å². The van der Waals surface area contributed by atoms with Crippen molar-refractivity contribution in [3.05, 3.63) is 17.5 Å². The lowest BCUT2D eigenvalue weighted by Crippen LogP contribution is -2.15. The summed E-state index contributed by atoms with van der Waals surface area (Å²) < 4.78 is 26.4. The van der Waals surface area contributed by atoms with Crippen LogP contribution in [0.15, 0.2) is 6.20 Å². The molecule has 2 rings (SSSR count). The van der Waals surface area contributed by atoms with Crippen LogP contribution in [-0.4, -0.2) is 15.8 Å². The SMILES string of the molecule is Cn1cc(CNC2CC2)c(C(F)F)n1. The molecular formula is C9H13F2N3. The number of nitrogens with one attached hydrogen (secondary N) is 1. The quantitative estimate of drug-likeness (QED) is 0.802. The molecule has 0 aliphatic heterocycles. The summed E-state index contributed by atoms with van der Waals surface area (Å²) in [5.41, 5.74) is 0.509. The van der Waals surface area contributed by atoms with Crippen molar-refractivity contribution in [3.63, 3.8) is 0 Å².